The smallest absolute Gasteiger partial charge is 0.302 e. The Balaban J connectivity index is 1.73. The van der Waals surface area contributed by atoms with Gasteiger partial charge in [-0.1, -0.05) is 25.5 Å². The summed E-state index contributed by atoms with van der Waals surface area (Å²) in [5.41, 5.74) is -1.33. The zero-order valence-electron chi connectivity index (χ0n) is 17.1. The van der Waals surface area contributed by atoms with Gasteiger partial charge in [0.25, 0.3) is 0 Å². The molecule has 8 unspecified atom stereocenters. The Bertz CT molecular complexity index is 705. The van der Waals surface area contributed by atoms with Gasteiger partial charge in [-0.15, -0.1) is 0 Å². The molecule has 1 spiro atoms. The Morgan fingerprint density at radius 2 is 1.93 bits per heavy atom. The molecule has 0 aliphatic heterocycles. The van der Waals surface area contributed by atoms with E-state index in [9.17, 15) is 25.2 Å². The van der Waals surface area contributed by atoms with Crippen LogP contribution in [0.15, 0.2) is 11.6 Å². The van der Waals surface area contributed by atoms with Crippen molar-refractivity contribution in [1.82, 2.24) is 0 Å². The lowest BCUT2D eigenvalue weighted by atomic mass is 9.39. The molecule has 0 radical (unpaired) electrons. The lowest BCUT2D eigenvalue weighted by Gasteiger charge is -2.66. The van der Waals surface area contributed by atoms with Crippen LogP contribution in [-0.4, -0.2) is 57.4 Å². The first kappa shape index (κ1) is 20.3. The molecule has 2 bridgehead atoms. The molecule has 6 nitrogen and oxygen atoms in total. The van der Waals surface area contributed by atoms with Crippen LogP contribution in [0.25, 0.3) is 0 Å². The Kier molecular flexibility index (Phi) is 4.55. The number of hydrogen-bond acceptors (Lipinski definition) is 6. The van der Waals surface area contributed by atoms with Crippen molar-refractivity contribution in [2.24, 2.45) is 28.1 Å². The number of aliphatic hydroxyl groups excluding tert-OH is 3. The summed E-state index contributed by atoms with van der Waals surface area (Å²) >= 11 is 0. The fourth-order valence-corrected chi connectivity index (χ4v) is 7.56. The predicted molar refractivity (Wildman–Crippen MR) is 102 cm³/mol. The summed E-state index contributed by atoms with van der Waals surface area (Å²) in [6.07, 6.45) is 4.70. The van der Waals surface area contributed by atoms with Gasteiger partial charge in [-0.2, -0.15) is 0 Å². The maximum Gasteiger partial charge on any atom is 0.302 e. The van der Waals surface area contributed by atoms with Crippen molar-refractivity contribution in [2.75, 3.05) is 13.2 Å². The topological polar surface area (TPSA) is 107 Å². The molecule has 6 heteroatoms. The minimum atomic E-state index is -1.25. The quantitative estimate of drug-likeness (QED) is 0.427. The SMILES string of the molecule is CC(=O)OCC1(O)CC(O)C23CC1C=C2CCC1C(C)(CO)C(O)CCC13C. The predicted octanol–water partition coefficient (Wildman–Crippen LogP) is 1.55. The second-order valence-corrected chi connectivity index (χ2v) is 10.3. The van der Waals surface area contributed by atoms with Gasteiger partial charge < -0.3 is 25.2 Å². The molecule has 4 aliphatic rings. The van der Waals surface area contributed by atoms with Crippen LogP contribution in [0.2, 0.25) is 0 Å². The maximum atomic E-state index is 11.4. The van der Waals surface area contributed by atoms with Crippen LogP contribution in [0.3, 0.4) is 0 Å². The zero-order chi connectivity index (χ0) is 20.5. The number of hydrogen-bond donors (Lipinski definition) is 4. The number of rotatable bonds is 3. The van der Waals surface area contributed by atoms with Crippen molar-refractivity contribution in [3.8, 4) is 0 Å². The summed E-state index contributed by atoms with van der Waals surface area (Å²) < 4.78 is 5.14. The van der Waals surface area contributed by atoms with Gasteiger partial charge in [-0.3, -0.25) is 4.79 Å². The fourth-order valence-electron chi connectivity index (χ4n) is 7.56. The molecule has 4 N–H and O–H groups in total. The summed E-state index contributed by atoms with van der Waals surface area (Å²) in [5.74, 6) is -0.495. The number of carbonyl (C=O) groups excluding carboxylic acids is 1. The summed E-state index contributed by atoms with van der Waals surface area (Å²) in [6.45, 7) is 5.35. The van der Waals surface area contributed by atoms with E-state index >= 15 is 0 Å². The van der Waals surface area contributed by atoms with Crippen molar-refractivity contribution in [3.05, 3.63) is 11.6 Å². The van der Waals surface area contributed by atoms with Gasteiger partial charge in [0.2, 0.25) is 0 Å². The molecule has 3 fully saturated rings. The number of aliphatic hydroxyl groups is 4. The Labute approximate surface area is 166 Å². The third-order valence-corrected chi connectivity index (χ3v) is 9.17. The third kappa shape index (κ3) is 2.38. The average molecular weight is 395 g/mol. The van der Waals surface area contributed by atoms with Crippen LogP contribution in [-0.2, 0) is 9.53 Å². The van der Waals surface area contributed by atoms with Crippen LogP contribution >= 0.6 is 0 Å². The van der Waals surface area contributed by atoms with Crippen molar-refractivity contribution < 1.29 is 30.0 Å². The second-order valence-electron chi connectivity index (χ2n) is 10.3. The molecular weight excluding hydrogens is 360 g/mol. The van der Waals surface area contributed by atoms with E-state index < -0.39 is 34.6 Å². The molecule has 3 saturated carbocycles. The lowest BCUT2D eigenvalue weighted by Crippen LogP contribution is -2.66. The van der Waals surface area contributed by atoms with E-state index in [0.717, 1.165) is 19.3 Å². The molecule has 0 aromatic heterocycles. The molecule has 0 aromatic carbocycles. The molecule has 4 aliphatic carbocycles. The molecule has 158 valence electrons. The van der Waals surface area contributed by atoms with E-state index in [1.165, 1.54) is 12.5 Å². The lowest BCUT2D eigenvalue weighted by molar-refractivity contribution is -0.228. The van der Waals surface area contributed by atoms with Crippen LogP contribution in [0.5, 0.6) is 0 Å². The van der Waals surface area contributed by atoms with Gasteiger partial charge >= 0.3 is 5.97 Å². The molecule has 8 atom stereocenters. The third-order valence-electron chi connectivity index (χ3n) is 9.17. The summed E-state index contributed by atoms with van der Waals surface area (Å²) in [6, 6.07) is 0. The fraction of sp³-hybridized carbons (Fsp3) is 0.864. The van der Waals surface area contributed by atoms with E-state index in [-0.39, 0.29) is 36.9 Å². The minimum absolute atomic E-state index is 0.0700. The first-order chi connectivity index (χ1) is 13.0. The first-order valence-electron chi connectivity index (χ1n) is 10.6. The van der Waals surface area contributed by atoms with Crippen molar-refractivity contribution >= 4 is 5.97 Å². The minimum Gasteiger partial charge on any atom is -0.463 e. The van der Waals surface area contributed by atoms with Gasteiger partial charge in [0.15, 0.2) is 0 Å². The monoisotopic (exact) mass is 394 g/mol. The normalized spacial score (nSPS) is 52.5. The van der Waals surface area contributed by atoms with Crippen LogP contribution in [0, 0.1) is 28.1 Å². The van der Waals surface area contributed by atoms with Gasteiger partial charge in [0.1, 0.15) is 12.2 Å². The number of carbonyl (C=O) groups is 1. The molecular formula is C22H34O6. The largest absolute Gasteiger partial charge is 0.463 e. The van der Waals surface area contributed by atoms with Crippen LogP contribution in [0.1, 0.15) is 59.3 Å². The van der Waals surface area contributed by atoms with Crippen LogP contribution in [0.4, 0.5) is 0 Å². The number of ether oxygens (including phenoxy) is 1. The Morgan fingerprint density at radius 3 is 2.57 bits per heavy atom. The average Bonchev–Trinajstić information content (AvgIpc) is 3.02. The number of esters is 1. The van der Waals surface area contributed by atoms with Gasteiger partial charge in [0, 0.05) is 30.1 Å². The number of fused-ring (bicyclic) bond motifs is 2. The summed E-state index contributed by atoms with van der Waals surface area (Å²) in [7, 11) is 0. The second kappa shape index (κ2) is 6.27. The van der Waals surface area contributed by atoms with E-state index in [2.05, 4.69) is 13.0 Å². The highest BCUT2D eigenvalue weighted by Gasteiger charge is 2.71. The summed E-state index contributed by atoms with van der Waals surface area (Å²) in [4.78, 5) is 11.3. The van der Waals surface area contributed by atoms with Gasteiger partial charge in [0.05, 0.1) is 18.8 Å². The maximum absolute atomic E-state index is 11.4. The van der Waals surface area contributed by atoms with Gasteiger partial charge in [-0.25, -0.2) is 0 Å². The molecule has 0 saturated heterocycles. The highest BCUT2D eigenvalue weighted by Crippen LogP contribution is 2.73. The van der Waals surface area contributed by atoms with E-state index in [0.29, 0.717) is 12.8 Å². The Hall–Kier alpha value is -0.950. The van der Waals surface area contributed by atoms with E-state index in [1.807, 2.05) is 6.92 Å². The first-order valence-corrected chi connectivity index (χ1v) is 10.6. The highest BCUT2D eigenvalue weighted by molar-refractivity contribution is 5.66. The van der Waals surface area contributed by atoms with Crippen molar-refractivity contribution in [1.29, 1.82) is 0 Å². The molecule has 0 aromatic rings. The molecule has 28 heavy (non-hydrogen) atoms. The van der Waals surface area contributed by atoms with Gasteiger partial charge in [-0.05, 0) is 43.4 Å². The van der Waals surface area contributed by atoms with Crippen molar-refractivity contribution in [3.63, 3.8) is 0 Å². The standard InChI is InChI=1S/C22H34O6/c1-13(24)28-12-21(27)10-18(26)22-9-15(21)8-14(22)4-5-16-19(2,11-23)17(25)6-7-20(16,22)3/h8,15-18,23,25-27H,4-7,9-12H2,1-3H3. The highest BCUT2D eigenvalue weighted by atomic mass is 16.5. The zero-order valence-corrected chi connectivity index (χ0v) is 17.1. The van der Waals surface area contributed by atoms with Crippen molar-refractivity contribution in [2.45, 2.75) is 77.1 Å². The molecule has 4 rings (SSSR count). The Morgan fingerprint density at radius 1 is 1.21 bits per heavy atom. The van der Waals surface area contributed by atoms with E-state index in [4.69, 9.17) is 4.74 Å². The molecule has 0 heterocycles. The molecule has 0 amide bonds. The van der Waals surface area contributed by atoms with E-state index in [1.54, 1.807) is 0 Å². The van der Waals surface area contributed by atoms with Crippen LogP contribution < -0.4 is 0 Å². The summed E-state index contributed by atoms with van der Waals surface area (Å²) in [5, 5.41) is 43.5.